The van der Waals surface area contributed by atoms with E-state index < -0.39 is 11.9 Å². The van der Waals surface area contributed by atoms with Crippen LogP contribution in [0.5, 0.6) is 0 Å². The van der Waals surface area contributed by atoms with Gasteiger partial charge in [-0.3, -0.25) is 9.89 Å². The van der Waals surface area contributed by atoms with Crippen LogP contribution in [0.2, 0.25) is 0 Å². The fraction of sp³-hybridized carbons (Fsp3) is 0.464. The number of halogens is 3. The zero-order valence-corrected chi connectivity index (χ0v) is 21.5. The van der Waals surface area contributed by atoms with E-state index in [-0.39, 0.29) is 11.3 Å². The Morgan fingerprint density at radius 2 is 1.89 bits per heavy atom. The molecule has 196 valence electrons. The second kappa shape index (κ2) is 12.8. The molecule has 1 saturated heterocycles. The first-order valence-electron chi connectivity index (χ1n) is 12.4. The highest BCUT2D eigenvalue weighted by Crippen LogP contribution is 2.31. The van der Waals surface area contributed by atoms with Gasteiger partial charge in [-0.25, -0.2) is 0 Å². The fourth-order valence-corrected chi connectivity index (χ4v) is 4.21. The number of nitrogens with zero attached hydrogens (tertiary/aromatic N) is 3. The molecule has 1 aliphatic rings. The molecule has 0 radical (unpaired) electrons. The maximum absolute atomic E-state index is 13.9. The molecule has 36 heavy (non-hydrogen) atoms. The van der Waals surface area contributed by atoms with E-state index in [4.69, 9.17) is 4.42 Å². The Hall–Kier alpha value is -3.00. The van der Waals surface area contributed by atoms with Crippen LogP contribution in [0.1, 0.15) is 50.9 Å². The van der Waals surface area contributed by atoms with Crippen LogP contribution < -0.4 is 10.2 Å². The highest BCUT2D eigenvalue weighted by Gasteiger charge is 2.36. The van der Waals surface area contributed by atoms with E-state index in [1.807, 2.05) is 36.2 Å². The quantitative estimate of drug-likeness (QED) is 0.275. The molecule has 0 unspecified atom stereocenters. The van der Waals surface area contributed by atoms with Gasteiger partial charge in [0.2, 0.25) is 0 Å². The van der Waals surface area contributed by atoms with Crippen LogP contribution in [0.3, 0.4) is 0 Å². The van der Waals surface area contributed by atoms with E-state index in [1.165, 1.54) is 26.2 Å². The van der Waals surface area contributed by atoms with Crippen LogP contribution >= 0.6 is 0 Å². The molecule has 0 atom stereocenters. The summed E-state index contributed by atoms with van der Waals surface area (Å²) in [7, 11) is 1.90. The largest absolute Gasteiger partial charge is 0.468 e. The number of hydrogen-bond acceptors (Lipinski definition) is 5. The van der Waals surface area contributed by atoms with Crippen LogP contribution in [0, 0.1) is 0 Å². The number of alkyl halides is 3. The molecule has 2 heterocycles. The Labute approximate surface area is 212 Å². The van der Waals surface area contributed by atoms with Crippen LogP contribution in [-0.2, 0) is 13.1 Å². The summed E-state index contributed by atoms with van der Waals surface area (Å²) in [6.45, 7) is 10.5. The molecular weight excluding hydrogens is 465 g/mol. The summed E-state index contributed by atoms with van der Waals surface area (Å²) in [6.07, 6.45) is 1.06. The van der Waals surface area contributed by atoms with E-state index in [9.17, 15) is 13.2 Å². The highest BCUT2D eigenvalue weighted by atomic mass is 19.4. The summed E-state index contributed by atoms with van der Waals surface area (Å²) < 4.78 is 47.0. The molecule has 3 rings (SSSR count). The van der Waals surface area contributed by atoms with Gasteiger partial charge in [-0.05, 0) is 76.4 Å². The number of anilines is 1. The third-order valence-corrected chi connectivity index (χ3v) is 6.38. The molecule has 0 spiro atoms. The maximum atomic E-state index is 13.9. The molecule has 1 aromatic heterocycles. The number of hydrogen-bond donors (Lipinski definition) is 1. The Bertz CT molecular complexity index is 1050. The number of aliphatic imine (C=N–C) groups is 1. The Morgan fingerprint density at radius 3 is 2.56 bits per heavy atom. The number of piperidine rings is 1. The topological polar surface area (TPSA) is 44.0 Å². The van der Waals surface area contributed by atoms with Crippen molar-refractivity contribution in [2.24, 2.45) is 4.99 Å². The third-order valence-electron chi connectivity index (χ3n) is 6.38. The number of rotatable bonds is 11. The van der Waals surface area contributed by atoms with Gasteiger partial charge in [0.25, 0.3) is 0 Å². The molecule has 1 aliphatic heterocycles. The zero-order chi connectivity index (χ0) is 26.1. The molecule has 1 aromatic carbocycles. The van der Waals surface area contributed by atoms with Crippen molar-refractivity contribution >= 4 is 11.4 Å². The van der Waals surface area contributed by atoms with Crippen molar-refractivity contribution in [3.8, 4) is 0 Å². The second-order valence-corrected chi connectivity index (χ2v) is 9.44. The molecule has 1 fully saturated rings. The molecule has 0 saturated carbocycles. The molecular formula is C28H37F3N4O. The Kier molecular flexibility index (Phi) is 9.81. The van der Waals surface area contributed by atoms with Gasteiger partial charge in [-0.15, -0.1) is 0 Å². The van der Waals surface area contributed by atoms with Gasteiger partial charge in [0.05, 0.1) is 12.8 Å². The molecule has 0 bridgehead atoms. The number of allylic oxidation sites excluding steroid dienone is 2. The van der Waals surface area contributed by atoms with Gasteiger partial charge in [0.15, 0.2) is 0 Å². The van der Waals surface area contributed by atoms with E-state index in [0.717, 1.165) is 30.1 Å². The summed E-state index contributed by atoms with van der Waals surface area (Å²) in [5, 5.41) is 3.07. The standard InChI is InChI=1S/C28H37F3N4O/c1-21(13-16-34(4)20-26-12-9-17-36-26)33-27(28(29,30)31)22(2)23(3)32-19-24-10-8-11-25(18-24)35-14-6-5-7-15-35/h8-12,17-18,32H,3,5-7,13-16,19-20H2,1-2,4H3/b27-22+,33-21?. The summed E-state index contributed by atoms with van der Waals surface area (Å²) in [5.41, 5.74) is 1.87. The Morgan fingerprint density at radius 1 is 1.14 bits per heavy atom. The van der Waals surface area contributed by atoms with Crippen LogP contribution in [0.25, 0.3) is 0 Å². The van der Waals surface area contributed by atoms with Gasteiger partial charge < -0.3 is 14.6 Å². The van der Waals surface area contributed by atoms with Crippen molar-refractivity contribution in [1.82, 2.24) is 10.2 Å². The molecule has 2 aromatic rings. The van der Waals surface area contributed by atoms with Gasteiger partial charge in [-0.2, -0.15) is 13.2 Å². The van der Waals surface area contributed by atoms with Crippen molar-refractivity contribution < 1.29 is 17.6 Å². The summed E-state index contributed by atoms with van der Waals surface area (Å²) >= 11 is 0. The first-order valence-corrected chi connectivity index (χ1v) is 12.4. The molecule has 0 amide bonds. The third kappa shape index (κ3) is 8.29. The summed E-state index contributed by atoms with van der Waals surface area (Å²) in [4.78, 5) is 8.33. The minimum absolute atomic E-state index is 0.00187. The average molecular weight is 503 g/mol. The summed E-state index contributed by atoms with van der Waals surface area (Å²) in [6, 6.07) is 11.8. The van der Waals surface area contributed by atoms with Crippen LogP contribution in [-0.4, -0.2) is 43.5 Å². The number of benzene rings is 1. The van der Waals surface area contributed by atoms with Crippen molar-refractivity contribution in [2.75, 3.05) is 31.6 Å². The van der Waals surface area contributed by atoms with Crippen molar-refractivity contribution in [1.29, 1.82) is 0 Å². The zero-order valence-electron chi connectivity index (χ0n) is 21.5. The summed E-state index contributed by atoms with van der Waals surface area (Å²) in [5.74, 6) is 0.808. The van der Waals surface area contributed by atoms with Crippen LogP contribution in [0.15, 0.2) is 75.6 Å². The van der Waals surface area contributed by atoms with Crippen LogP contribution in [0.4, 0.5) is 18.9 Å². The molecule has 0 aliphatic carbocycles. The van der Waals surface area contributed by atoms with Gasteiger partial charge >= 0.3 is 6.18 Å². The first kappa shape index (κ1) is 27.6. The number of nitrogens with one attached hydrogen (secondary N) is 1. The monoisotopic (exact) mass is 502 g/mol. The lowest BCUT2D eigenvalue weighted by Gasteiger charge is -2.29. The lowest BCUT2D eigenvalue weighted by Crippen LogP contribution is -2.29. The molecule has 8 heteroatoms. The van der Waals surface area contributed by atoms with Gasteiger partial charge in [-0.1, -0.05) is 18.7 Å². The number of furan rings is 1. The smallest absolute Gasteiger partial charge is 0.433 e. The molecule has 5 nitrogen and oxygen atoms in total. The lowest BCUT2D eigenvalue weighted by atomic mass is 10.1. The van der Waals surface area contributed by atoms with Crippen molar-refractivity contribution in [3.05, 3.63) is 77.5 Å². The van der Waals surface area contributed by atoms with E-state index in [1.54, 1.807) is 13.2 Å². The predicted octanol–water partition coefficient (Wildman–Crippen LogP) is 6.69. The first-order chi connectivity index (χ1) is 17.1. The minimum Gasteiger partial charge on any atom is -0.468 e. The SMILES string of the molecule is C=C(NCc1cccc(N2CCCCC2)c1)/C(C)=C(/N=C(C)CCN(C)Cc1ccco1)C(F)(F)F. The minimum atomic E-state index is -4.58. The van der Waals surface area contributed by atoms with Crippen molar-refractivity contribution in [2.45, 2.75) is 58.8 Å². The van der Waals surface area contributed by atoms with E-state index in [0.29, 0.717) is 31.8 Å². The lowest BCUT2D eigenvalue weighted by molar-refractivity contribution is -0.0930. The Balaban J connectivity index is 1.63. The fourth-order valence-electron chi connectivity index (χ4n) is 4.21. The maximum Gasteiger partial charge on any atom is 0.433 e. The predicted molar refractivity (Wildman–Crippen MR) is 140 cm³/mol. The van der Waals surface area contributed by atoms with Gasteiger partial charge in [0.1, 0.15) is 11.5 Å². The van der Waals surface area contributed by atoms with Gasteiger partial charge in [0, 0.05) is 48.8 Å². The van der Waals surface area contributed by atoms with E-state index in [2.05, 4.69) is 33.9 Å². The molecule has 1 N–H and O–H groups in total. The normalized spacial score (nSPS) is 15.8. The van der Waals surface area contributed by atoms with E-state index >= 15 is 0 Å². The second-order valence-electron chi connectivity index (χ2n) is 9.44. The van der Waals surface area contributed by atoms with Crippen molar-refractivity contribution in [3.63, 3.8) is 0 Å². The highest BCUT2D eigenvalue weighted by molar-refractivity contribution is 5.83. The average Bonchev–Trinajstić information content (AvgIpc) is 3.37.